The van der Waals surface area contributed by atoms with Gasteiger partial charge in [0, 0.05) is 16.8 Å². The maximum absolute atomic E-state index is 9.16. The van der Waals surface area contributed by atoms with Gasteiger partial charge in [0.25, 0.3) is 0 Å². The summed E-state index contributed by atoms with van der Waals surface area (Å²) in [7, 11) is 0. The van der Waals surface area contributed by atoms with E-state index in [4.69, 9.17) is 5.26 Å². The quantitative estimate of drug-likeness (QED) is 0.751. The Labute approximate surface area is 117 Å². The van der Waals surface area contributed by atoms with Gasteiger partial charge in [0.15, 0.2) is 0 Å². The number of pyridine rings is 1. The molecule has 0 aliphatic rings. The normalized spacial score (nSPS) is 10.2. The SMILES string of the molecule is Cc1cc(Nc2ccccc2C#N)c2ccccc2n1. The predicted molar refractivity (Wildman–Crippen MR) is 80.9 cm³/mol. The van der Waals surface area contributed by atoms with Crippen molar-refractivity contribution in [2.75, 3.05) is 5.32 Å². The van der Waals surface area contributed by atoms with Crippen LogP contribution in [-0.4, -0.2) is 4.98 Å². The van der Waals surface area contributed by atoms with Crippen LogP contribution in [0.2, 0.25) is 0 Å². The van der Waals surface area contributed by atoms with Crippen molar-refractivity contribution in [1.82, 2.24) is 4.98 Å². The molecular formula is C17H13N3. The van der Waals surface area contributed by atoms with Gasteiger partial charge in [-0.3, -0.25) is 4.98 Å². The topological polar surface area (TPSA) is 48.7 Å². The summed E-state index contributed by atoms with van der Waals surface area (Å²) in [5.41, 5.74) is 4.30. The van der Waals surface area contributed by atoms with Gasteiger partial charge in [0.2, 0.25) is 0 Å². The van der Waals surface area contributed by atoms with E-state index in [1.165, 1.54) is 0 Å². The largest absolute Gasteiger partial charge is 0.354 e. The lowest BCUT2D eigenvalue weighted by Crippen LogP contribution is -1.96. The first kappa shape index (κ1) is 12.2. The molecule has 3 rings (SSSR count). The molecule has 3 nitrogen and oxygen atoms in total. The molecule has 2 aromatic carbocycles. The van der Waals surface area contributed by atoms with Gasteiger partial charge in [0.1, 0.15) is 6.07 Å². The van der Waals surface area contributed by atoms with Gasteiger partial charge in [-0.1, -0.05) is 30.3 Å². The van der Waals surface area contributed by atoms with Crippen LogP contribution in [0.5, 0.6) is 0 Å². The summed E-state index contributed by atoms with van der Waals surface area (Å²) in [5.74, 6) is 0. The van der Waals surface area contributed by atoms with Gasteiger partial charge in [-0.05, 0) is 31.2 Å². The Kier molecular flexibility index (Phi) is 3.06. The van der Waals surface area contributed by atoms with Crippen LogP contribution in [0.15, 0.2) is 54.6 Å². The molecule has 20 heavy (non-hydrogen) atoms. The number of anilines is 2. The lowest BCUT2D eigenvalue weighted by molar-refractivity contribution is 1.25. The molecule has 0 spiro atoms. The van der Waals surface area contributed by atoms with Crippen LogP contribution in [0.3, 0.4) is 0 Å². The number of nitrogens with zero attached hydrogens (tertiary/aromatic N) is 2. The fourth-order valence-electron chi connectivity index (χ4n) is 2.25. The Morgan fingerprint density at radius 2 is 1.75 bits per heavy atom. The Morgan fingerprint density at radius 1 is 1.00 bits per heavy atom. The third-order valence-corrected chi connectivity index (χ3v) is 3.16. The van der Waals surface area contributed by atoms with E-state index in [-0.39, 0.29) is 0 Å². The lowest BCUT2D eigenvalue weighted by atomic mass is 10.1. The Balaban J connectivity index is 2.14. The lowest BCUT2D eigenvalue weighted by Gasteiger charge is -2.11. The van der Waals surface area contributed by atoms with Crippen molar-refractivity contribution in [3.05, 3.63) is 65.9 Å². The second-order valence-electron chi connectivity index (χ2n) is 4.61. The summed E-state index contributed by atoms with van der Waals surface area (Å²) in [6.45, 7) is 1.97. The van der Waals surface area contributed by atoms with Crippen molar-refractivity contribution in [1.29, 1.82) is 5.26 Å². The number of hydrogen-bond acceptors (Lipinski definition) is 3. The van der Waals surface area contributed by atoms with E-state index in [1.54, 1.807) is 6.07 Å². The van der Waals surface area contributed by atoms with Crippen molar-refractivity contribution in [3.63, 3.8) is 0 Å². The number of rotatable bonds is 2. The molecule has 0 atom stereocenters. The number of benzene rings is 2. The first-order valence-electron chi connectivity index (χ1n) is 6.40. The van der Waals surface area contributed by atoms with Crippen LogP contribution < -0.4 is 5.32 Å². The van der Waals surface area contributed by atoms with Crippen LogP contribution in [0.4, 0.5) is 11.4 Å². The van der Waals surface area contributed by atoms with Crippen LogP contribution >= 0.6 is 0 Å². The molecule has 96 valence electrons. The molecule has 1 N–H and O–H groups in total. The van der Waals surface area contributed by atoms with Gasteiger partial charge in [-0.2, -0.15) is 5.26 Å². The van der Waals surface area contributed by atoms with E-state index < -0.39 is 0 Å². The highest BCUT2D eigenvalue weighted by atomic mass is 14.9. The monoisotopic (exact) mass is 259 g/mol. The standard InChI is InChI=1S/C17H13N3/c1-12-10-17(14-7-3-5-9-16(14)19-12)20-15-8-4-2-6-13(15)11-18/h2-10H,1H3,(H,19,20). The fraction of sp³-hybridized carbons (Fsp3) is 0.0588. The number of aromatic nitrogens is 1. The van der Waals surface area contributed by atoms with Crippen molar-refractivity contribution in [2.45, 2.75) is 6.92 Å². The van der Waals surface area contributed by atoms with Crippen molar-refractivity contribution < 1.29 is 0 Å². The molecule has 0 aliphatic carbocycles. The van der Waals surface area contributed by atoms with Crippen LogP contribution in [0.25, 0.3) is 10.9 Å². The maximum atomic E-state index is 9.16. The number of nitriles is 1. The molecule has 0 bridgehead atoms. The first-order chi connectivity index (χ1) is 9.78. The van der Waals surface area contributed by atoms with Gasteiger partial charge in [0.05, 0.1) is 16.8 Å². The van der Waals surface area contributed by atoms with Gasteiger partial charge in [-0.15, -0.1) is 0 Å². The van der Waals surface area contributed by atoms with E-state index in [1.807, 2.05) is 55.5 Å². The molecular weight excluding hydrogens is 246 g/mol. The summed E-state index contributed by atoms with van der Waals surface area (Å²) in [6, 6.07) is 19.7. The Hall–Kier alpha value is -2.86. The van der Waals surface area contributed by atoms with E-state index in [0.717, 1.165) is 28.0 Å². The second kappa shape index (κ2) is 5.02. The third kappa shape index (κ3) is 2.19. The fourth-order valence-corrected chi connectivity index (χ4v) is 2.25. The molecule has 0 fully saturated rings. The number of hydrogen-bond donors (Lipinski definition) is 1. The third-order valence-electron chi connectivity index (χ3n) is 3.16. The number of aryl methyl sites for hydroxylation is 1. The summed E-state index contributed by atoms with van der Waals surface area (Å²) >= 11 is 0. The maximum Gasteiger partial charge on any atom is 0.101 e. The summed E-state index contributed by atoms with van der Waals surface area (Å²) in [6.07, 6.45) is 0. The Morgan fingerprint density at radius 3 is 2.60 bits per heavy atom. The minimum absolute atomic E-state index is 0.631. The van der Waals surface area contributed by atoms with E-state index in [9.17, 15) is 0 Å². The Bertz CT molecular complexity index is 816. The number of para-hydroxylation sites is 2. The molecule has 1 heterocycles. The smallest absolute Gasteiger partial charge is 0.101 e. The molecule has 0 saturated heterocycles. The van der Waals surface area contributed by atoms with Crippen LogP contribution in [-0.2, 0) is 0 Å². The van der Waals surface area contributed by atoms with Crippen molar-refractivity contribution in [3.8, 4) is 6.07 Å². The second-order valence-corrected chi connectivity index (χ2v) is 4.61. The van der Waals surface area contributed by atoms with E-state index >= 15 is 0 Å². The minimum Gasteiger partial charge on any atom is -0.354 e. The van der Waals surface area contributed by atoms with Gasteiger partial charge >= 0.3 is 0 Å². The number of fused-ring (bicyclic) bond motifs is 1. The molecule has 3 heteroatoms. The predicted octanol–water partition coefficient (Wildman–Crippen LogP) is 4.16. The van der Waals surface area contributed by atoms with Gasteiger partial charge in [-0.25, -0.2) is 0 Å². The molecule has 0 radical (unpaired) electrons. The first-order valence-corrected chi connectivity index (χ1v) is 6.40. The minimum atomic E-state index is 0.631. The molecule has 0 amide bonds. The molecule has 0 unspecified atom stereocenters. The highest BCUT2D eigenvalue weighted by molar-refractivity contribution is 5.93. The number of nitrogens with one attached hydrogen (secondary N) is 1. The molecule has 1 aromatic heterocycles. The zero-order valence-electron chi connectivity index (χ0n) is 11.1. The summed E-state index contributed by atoms with van der Waals surface area (Å²) in [5, 5.41) is 13.6. The van der Waals surface area contributed by atoms with Crippen LogP contribution in [0.1, 0.15) is 11.3 Å². The highest BCUT2D eigenvalue weighted by Crippen LogP contribution is 2.27. The molecule has 0 aliphatic heterocycles. The molecule has 3 aromatic rings. The van der Waals surface area contributed by atoms with E-state index in [0.29, 0.717) is 5.56 Å². The summed E-state index contributed by atoms with van der Waals surface area (Å²) < 4.78 is 0. The van der Waals surface area contributed by atoms with E-state index in [2.05, 4.69) is 16.4 Å². The molecule has 0 saturated carbocycles. The average Bonchev–Trinajstić information content (AvgIpc) is 2.47. The van der Waals surface area contributed by atoms with Crippen molar-refractivity contribution >= 4 is 22.3 Å². The van der Waals surface area contributed by atoms with Crippen molar-refractivity contribution in [2.24, 2.45) is 0 Å². The average molecular weight is 259 g/mol. The summed E-state index contributed by atoms with van der Waals surface area (Å²) in [4.78, 5) is 4.52. The zero-order chi connectivity index (χ0) is 13.9. The van der Waals surface area contributed by atoms with Crippen LogP contribution in [0, 0.1) is 18.3 Å². The zero-order valence-corrected chi connectivity index (χ0v) is 11.1. The highest BCUT2D eigenvalue weighted by Gasteiger charge is 2.06. The van der Waals surface area contributed by atoms with Gasteiger partial charge < -0.3 is 5.32 Å².